The summed E-state index contributed by atoms with van der Waals surface area (Å²) in [6.45, 7) is 2.79. The summed E-state index contributed by atoms with van der Waals surface area (Å²) in [4.78, 5) is 11.3. The predicted octanol–water partition coefficient (Wildman–Crippen LogP) is 0.778. The molecule has 0 fully saturated rings. The Bertz CT molecular complexity index is 185. The summed E-state index contributed by atoms with van der Waals surface area (Å²) in [5, 5.41) is 2.78. The van der Waals surface area contributed by atoms with Gasteiger partial charge in [0.05, 0.1) is 11.4 Å². The van der Waals surface area contributed by atoms with E-state index in [2.05, 4.69) is 24.5 Å². The average Bonchev–Trinajstić information content (AvgIpc) is 2.00. The van der Waals surface area contributed by atoms with E-state index < -0.39 is 0 Å². The minimum absolute atomic E-state index is 0.0829. The monoisotopic (exact) mass is 220 g/mol. The molecule has 3 N–H and O–H groups in total. The van der Waals surface area contributed by atoms with Crippen LogP contribution in [0.3, 0.4) is 0 Å². The summed E-state index contributed by atoms with van der Waals surface area (Å²) in [5.41, 5.74) is 5.22. The van der Waals surface area contributed by atoms with E-state index in [0.717, 1.165) is 5.75 Å². The SMILES string of the molecule is CSCC(C)CNC(=O)CC(N)=S. The largest absolute Gasteiger partial charge is 0.393 e. The number of hydrogen-bond acceptors (Lipinski definition) is 3. The van der Waals surface area contributed by atoms with Crippen molar-refractivity contribution < 1.29 is 4.79 Å². The zero-order valence-corrected chi connectivity index (χ0v) is 9.63. The molecule has 0 aliphatic carbocycles. The first kappa shape index (κ1) is 12.7. The highest BCUT2D eigenvalue weighted by Crippen LogP contribution is 2.02. The Balaban J connectivity index is 3.51. The van der Waals surface area contributed by atoms with Gasteiger partial charge < -0.3 is 11.1 Å². The van der Waals surface area contributed by atoms with Crippen LogP contribution in [0.25, 0.3) is 0 Å². The molecule has 0 saturated carbocycles. The van der Waals surface area contributed by atoms with Gasteiger partial charge in [0.2, 0.25) is 5.91 Å². The molecule has 0 aliphatic heterocycles. The zero-order chi connectivity index (χ0) is 10.3. The lowest BCUT2D eigenvalue weighted by molar-refractivity contribution is -0.120. The summed E-state index contributed by atoms with van der Waals surface area (Å²) >= 11 is 6.39. The van der Waals surface area contributed by atoms with Crippen LogP contribution < -0.4 is 11.1 Å². The minimum atomic E-state index is -0.0829. The van der Waals surface area contributed by atoms with Gasteiger partial charge in [-0.1, -0.05) is 19.1 Å². The molecule has 13 heavy (non-hydrogen) atoms. The maximum atomic E-state index is 11.1. The molecule has 0 aromatic carbocycles. The number of thioether (sulfide) groups is 1. The highest BCUT2D eigenvalue weighted by molar-refractivity contribution is 7.98. The Morgan fingerprint density at radius 2 is 2.31 bits per heavy atom. The second-order valence-corrected chi connectivity index (χ2v) is 4.44. The topological polar surface area (TPSA) is 55.1 Å². The number of rotatable bonds is 6. The van der Waals surface area contributed by atoms with Gasteiger partial charge in [-0.15, -0.1) is 0 Å². The third-order valence-electron chi connectivity index (χ3n) is 1.43. The molecule has 0 aromatic heterocycles. The second kappa shape index (κ2) is 7.15. The molecule has 0 rings (SSSR count). The van der Waals surface area contributed by atoms with E-state index >= 15 is 0 Å². The molecule has 0 aromatic rings. The van der Waals surface area contributed by atoms with Crippen molar-refractivity contribution in [2.75, 3.05) is 18.6 Å². The van der Waals surface area contributed by atoms with Gasteiger partial charge in [0.15, 0.2) is 0 Å². The van der Waals surface area contributed by atoms with E-state index in [4.69, 9.17) is 5.73 Å². The fourth-order valence-electron chi connectivity index (χ4n) is 0.852. The smallest absolute Gasteiger partial charge is 0.226 e. The fourth-order valence-corrected chi connectivity index (χ4v) is 1.67. The van der Waals surface area contributed by atoms with Crippen LogP contribution in [-0.2, 0) is 4.79 Å². The first-order chi connectivity index (χ1) is 6.06. The summed E-state index contributed by atoms with van der Waals surface area (Å²) in [6.07, 6.45) is 2.20. The molecular formula is C8H16N2OS2. The molecule has 1 unspecified atom stereocenters. The van der Waals surface area contributed by atoms with Gasteiger partial charge >= 0.3 is 0 Å². The van der Waals surface area contributed by atoms with Gasteiger partial charge in [-0.25, -0.2) is 0 Å². The Hall–Kier alpha value is -0.290. The summed E-state index contributed by atoms with van der Waals surface area (Å²) < 4.78 is 0. The molecule has 0 aliphatic rings. The van der Waals surface area contributed by atoms with Crippen molar-refractivity contribution in [3.8, 4) is 0 Å². The van der Waals surface area contributed by atoms with E-state index in [-0.39, 0.29) is 17.3 Å². The molecule has 76 valence electrons. The van der Waals surface area contributed by atoms with E-state index in [1.165, 1.54) is 0 Å². The van der Waals surface area contributed by atoms with Gasteiger partial charge in [-0.3, -0.25) is 4.79 Å². The quantitative estimate of drug-likeness (QED) is 0.650. The maximum Gasteiger partial charge on any atom is 0.226 e. The molecule has 0 spiro atoms. The van der Waals surface area contributed by atoms with Crippen molar-refractivity contribution in [1.29, 1.82) is 0 Å². The van der Waals surface area contributed by atoms with Crippen molar-refractivity contribution in [3.63, 3.8) is 0 Å². The van der Waals surface area contributed by atoms with Crippen molar-refractivity contribution in [3.05, 3.63) is 0 Å². The Morgan fingerprint density at radius 3 is 2.77 bits per heavy atom. The molecule has 0 radical (unpaired) electrons. The molecule has 3 nitrogen and oxygen atoms in total. The van der Waals surface area contributed by atoms with Gasteiger partial charge in [0.25, 0.3) is 0 Å². The Morgan fingerprint density at radius 1 is 1.69 bits per heavy atom. The number of nitrogens with two attached hydrogens (primary N) is 1. The van der Waals surface area contributed by atoms with Gasteiger partial charge in [0, 0.05) is 6.54 Å². The van der Waals surface area contributed by atoms with Gasteiger partial charge in [0.1, 0.15) is 0 Å². The standard InChI is InChI=1S/C8H16N2OS2/c1-6(5-13-2)4-10-8(11)3-7(9)12/h6H,3-5H2,1-2H3,(H2,9,12)(H,10,11). The number of carbonyl (C=O) groups is 1. The Kier molecular flexibility index (Phi) is 6.99. The van der Waals surface area contributed by atoms with Crippen LogP contribution in [0.1, 0.15) is 13.3 Å². The van der Waals surface area contributed by atoms with Crippen LogP contribution in [0.2, 0.25) is 0 Å². The third kappa shape index (κ3) is 8.05. The summed E-state index contributed by atoms with van der Waals surface area (Å²) in [5.74, 6) is 1.46. The molecule has 1 atom stereocenters. The van der Waals surface area contributed by atoms with E-state index in [1.54, 1.807) is 11.8 Å². The lowest BCUT2D eigenvalue weighted by Gasteiger charge is -2.10. The normalized spacial score (nSPS) is 12.2. The molecule has 1 amide bonds. The zero-order valence-electron chi connectivity index (χ0n) is 8.00. The van der Waals surface area contributed by atoms with Gasteiger partial charge in [-0.2, -0.15) is 11.8 Å². The van der Waals surface area contributed by atoms with Crippen molar-refractivity contribution in [1.82, 2.24) is 5.32 Å². The van der Waals surface area contributed by atoms with Gasteiger partial charge in [-0.05, 0) is 17.9 Å². The molecule has 0 heterocycles. The van der Waals surface area contributed by atoms with Crippen LogP contribution in [0, 0.1) is 5.92 Å². The summed E-state index contributed by atoms with van der Waals surface area (Å²) in [6, 6.07) is 0. The second-order valence-electron chi connectivity index (χ2n) is 3.01. The van der Waals surface area contributed by atoms with E-state index in [9.17, 15) is 4.79 Å². The summed E-state index contributed by atoms with van der Waals surface area (Å²) in [7, 11) is 0. The van der Waals surface area contributed by atoms with E-state index in [0.29, 0.717) is 12.5 Å². The lowest BCUT2D eigenvalue weighted by Crippen LogP contribution is -2.31. The van der Waals surface area contributed by atoms with Crippen LogP contribution in [0.5, 0.6) is 0 Å². The van der Waals surface area contributed by atoms with Crippen LogP contribution >= 0.6 is 24.0 Å². The maximum absolute atomic E-state index is 11.1. The van der Waals surface area contributed by atoms with Crippen LogP contribution in [-0.4, -0.2) is 29.4 Å². The minimum Gasteiger partial charge on any atom is -0.393 e. The number of carbonyl (C=O) groups excluding carboxylic acids is 1. The molecule has 5 heteroatoms. The first-order valence-corrected chi connectivity index (χ1v) is 5.90. The molecule has 0 saturated heterocycles. The third-order valence-corrected chi connectivity index (χ3v) is 2.48. The highest BCUT2D eigenvalue weighted by atomic mass is 32.2. The molecule has 0 bridgehead atoms. The van der Waals surface area contributed by atoms with Crippen LogP contribution in [0.15, 0.2) is 0 Å². The highest BCUT2D eigenvalue weighted by Gasteiger charge is 2.05. The number of thiocarbonyl (C=S) groups is 1. The molecular weight excluding hydrogens is 204 g/mol. The van der Waals surface area contributed by atoms with Crippen LogP contribution in [0.4, 0.5) is 0 Å². The van der Waals surface area contributed by atoms with Crippen molar-refractivity contribution >= 4 is 34.9 Å². The number of hydrogen-bond donors (Lipinski definition) is 2. The van der Waals surface area contributed by atoms with E-state index in [1.807, 2.05) is 6.26 Å². The van der Waals surface area contributed by atoms with Crippen molar-refractivity contribution in [2.45, 2.75) is 13.3 Å². The van der Waals surface area contributed by atoms with Crippen molar-refractivity contribution in [2.24, 2.45) is 11.7 Å². The Labute approximate surface area is 88.8 Å². The predicted molar refractivity (Wildman–Crippen MR) is 62.0 cm³/mol. The lowest BCUT2D eigenvalue weighted by atomic mass is 10.2. The fraction of sp³-hybridized carbons (Fsp3) is 0.750. The average molecular weight is 220 g/mol. The number of amides is 1. The number of nitrogens with one attached hydrogen (secondary N) is 1. The first-order valence-electron chi connectivity index (χ1n) is 4.10.